The van der Waals surface area contributed by atoms with Crippen molar-refractivity contribution in [2.45, 2.75) is 65.0 Å². The van der Waals surface area contributed by atoms with E-state index in [0.717, 1.165) is 12.0 Å². The van der Waals surface area contributed by atoms with Crippen molar-refractivity contribution in [1.29, 1.82) is 0 Å². The molecule has 1 fully saturated rings. The number of amides is 1. The third kappa shape index (κ3) is 5.14. The van der Waals surface area contributed by atoms with Crippen molar-refractivity contribution >= 4 is 12.1 Å². The third-order valence-corrected chi connectivity index (χ3v) is 4.71. The van der Waals surface area contributed by atoms with Crippen LogP contribution in [0.1, 0.15) is 58.6 Å². The summed E-state index contributed by atoms with van der Waals surface area (Å²) in [5, 5.41) is 4.06. The van der Waals surface area contributed by atoms with E-state index in [-0.39, 0.29) is 11.3 Å². The van der Waals surface area contributed by atoms with Crippen molar-refractivity contribution in [2.75, 3.05) is 0 Å². The second-order valence-corrected chi connectivity index (χ2v) is 7.73. The molecule has 132 valence electrons. The second-order valence-electron chi connectivity index (χ2n) is 7.73. The molecule has 0 aromatic heterocycles. The van der Waals surface area contributed by atoms with E-state index in [4.69, 9.17) is 0 Å². The van der Waals surface area contributed by atoms with E-state index in [1.54, 1.807) is 6.21 Å². The number of hydrazone groups is 1. The highest BCUT2D eigenvalue weighted by Gasteiger charge is 2.29. The van der Waals surface area contributed by atoms with Crippen molar-refractivity contribution in [2.24, 2.45) is 11.0 Å². The Bertz CT molecular complexity index is 564. The normalized spacial score (nSPS) is 24.5. The maximum absolute atomic E-state index is 11.9. The summed E-state index contributed by atoms with van der Waals surface area (Å²) in [5.41, 5.74) is 11.4. The zero-order valence-electron chi connectivity index (χ0n) is 15.4. The number of carbonyl (C=O) groups excluding carboxylic acids is 1. The van der Waals surface area contributed by atoms with Crippen LogP contribution in [0.25, 0.3) is 0 Å². The molecule has 0 aliphatic carbocycles. The van der Waals surface area contributed by atoms with Gasteiger partial charge in [0, 0.05) is 18.5 Å². The molecule has 0 radical (unpaired) electrons. The maximum Gasteiger partial charge on any atom is 0.240 e. The Morgan fingerprint density at radius 1 is 1.17 bits per heavy atom. The number of nitrogens with zero attached hydrogens (tertiary/aromatic N) is 1. The van der Waals surface area contributed by atoms with Gasteiger partial charge < -0.3 is 0 Å². The lowest BCUT2D eigenvalue weighted by Gasteiger charge is -2.18. The summed E-state index contributed by atoms with van der Waals surface area (Å²) >= 11 is 0. The predicted molar refractivity (Wildman–Crippen MR) is 98.8 cm³/mol. The Hall–Kier alpha value is -1.72. The number of rotatable bonds is 5. The lowest BCUT2D eigenvalue weighted by Crippen LogP contribution is -2.30. The van der Waals surface area contributed by atoms with Crippen LogP contribution in [0.15, 0.2) is 29.4 Å². The summed E-state index contributed by atoms with van der Waals surface area (Å²) < 4.78 is 0. The Morgan fingerprint density at radius 2 is 1.75 bits per heavy atom. The summed E-state index contributed by atoms with van der Waals surface area (Å²) in [5.74, 6) is 0.425. The van der Waals surface area contributed by atoms with Crippen LogP contribution in [0.2, 0.25) is 0 Å². The van der Waals surface area contributed by atoms with Crippen LogP contribution in [0.4, 0.5) is 0 Å². The molecule has 3 N–H and O–H groups in total. The van der Waals surface area contributed by atoms with Gasteiger partial charge in [-0.05, 0) is 42.7 Å². The van der Waals surface area contributed by atoms with Crippen molar-refractivity contribution in [3.63, 3.8) is 0 Å². The van der Waals surface area contributed by atoms with Gasteiger partial charge in [-0.3, -0.25) is 15.6 Å². The van der Waals surface area contributed by atoms with Crippen LogP contribution in [-0.2, 0) is 10.2 Å². The van der Waals surface area contributed by atoms with Crippen LogP contribution >= 0.6 is 0 Å². The van der Waals surface area contributed by atoms with E-state index in [2.05, 4.69) is 68.1 Å². The molecular formula is C19H30N4O. The second kappa shape index (κ2) is 7.90. The summed E-state index contributed by atoms with van der Waals surface area (Å²) in [6.45, 7) is 10.8. The van der Waals surface area contributed by atoms with E-state index in [9.17, 15) is 4.79 Å². The Kier molecular flexibility index (Phi) is 6.13. The fourth-order valence-corrected chi connectivity index (χ4v) is 3.01. The summed E-state index contributed by atoms with van der Waals surface area (Å²) in [7, 11) is 0. The van der Waals surface area contributed by atoms with Crippen molar-refractivity contribution in [3.8, 4) is 0 Å². The summed E-state index contributed by atoms with van der Waals surface area (Å²) in [6.07, 6.45) is 3.03. The molecule has 2 atom stereocenters. The Morgan fingerprint density at radius 3 is 2.29 bits per heavy atom. The van der Waals surface area contributed by atoms with E-state index >= 15 is 0 Å². The van der Waals surface area contributed by atoms with E-state index in [1.165, 1.54) is 5.56 Å². The lowest BCUT2D eigenvalue weighted by molar-refractivity contribution is -0.121. The highest BCUT2D eigenvalue weighted by molar-refractivity contribution is 5.82. The van der Waals surface area contributed by atoms with Gasteiger partial charge in [-0.15, -0.1) is 0 Å². The molecular weight excluding hydrogens is 300 g/mol. The fourth-order valence-electron chi connectivity index (χ4n) is 3.01. The lowest BCUT2D eigenvalue weighted by atomic mass is 9.87. The molecule has 5 heteroatoms. The number of benzene rings is 1. The zero-order chi connectivity index (χ0) is 17.7. The zero-order valence-corrected chi connectivity index (χ0v) is 15.4. The molecule has 2 unspecified atom stereocenters. The molecule has 1 amide bonds. The number of hydrogen-bond acceptors (Lipinski definition) is 4. The molecule has 1 saturated heterocycles. The molecule has 1 aromatic rings. The quantitative estimate of drug-likeness (QED) is 0.574. The first-order valence-electron chi connectivity index (χ1n) is 8.71. The molecule has 1 heterocycles. The van der Waals surface area contributed by atoms with Gasteiger partial charge in [0.2, 0.25) is 5.91 Å². The standard InChI is InChI=1S/C19H30N4O/c1-13-17(14(2)22-21-13)10-11-18(24)23-20-12-15-6-8-16(9-7-15)19(3,4)5/h6-9,12-14,17,21-22H,10-11H2,1-5H3,(H,23,24)/b20-12-. The topological polar surface area (TPSA) is 65.5 Å². The largest absolute Gasteiger partial charge is 0.273 e. The maximum atomic E-state index is 11.9. The van der Waals surface area contributed by atoms with Crippen LogP contribution in [-0.4, -0.2) is 24.2 Å². The first-order valence-corrected chi connectivity index (χ1v) is 8.71. The first-order chi connectivity index (χ1) is 11.3. The molecule has 2 rings (SSSR count). The molecule has 1 aliphatic heterocycles. The minimum absolute atomic E-state index is 0.0381. The summed E-state index contributed by atoms with van der Waals surface area (Å²) in [6, 6.07) is 9.03. The average molecular weight is 330 g/mol. The van der Waals surface area contributed by atoms with Gasteiger partial charge in [-0.25, -0.2) is 5.43 Å². The minimum Gasteiger partial charge on any atom is -0.273 e. The molecule has 1 aliphatic rings. The van der Waals surface area contributed by atoms with Crippen LogP contribution in [0, 0.1) is 5.92 Å². The highest BCUT2D eigenvalue weighted by Crippen LogP contribution is 2.22. The Labute approximate surface area is 145 Å². The highest BCUT2D eigenvalue weighted by atomic mass is 16.2. The molecule has 5 nitrogen and oxygen atoms in total. The minimum atomic E-state index is -0.0381. The van der Waals surface area contributed by atoms with Gasteiger partial charge in [0.15, 0.2) is 0 Å². The molecule has 0 bridgehead atoms. The monoisotopic (exact) mass is 330 g/mol. The van der Waals surface area contributed by atoms with Gasteiger partial charge in [0.25, 0.3) is 0 Å². The van der Waals surface area contributed by atoms with Crippen molar-refractivity contribution in [1.82, 2.24) is 16.3 Å². The number of carbonyl (C=O) groups is 1. The number of nitrogens with one attached hydrogen (secondary N) is 3. The van der Waals surface area contributed by atoms with Crippen molar-refractivity contribution < 1.29 is 4.79 Å². The van der Waals surface area contributed by atoms with E-state index in [0.29, 0.717) is 24.4 Å². The van der Waals surface area contributed by atoms with Crippen LogP contribution < -0.4 is 16.3 Å². The Balaban J connectivity index is 1.78. The van der Waals surface area contributed by atoms with Gasteiger partial charge in [-0.1, -0.05) is 45.0 Å². The average Bonchev–Trinajstić information content (AvgIpc) is 2.83. The first kappa shape index (κ1) is 18.6. The van der Waals surface area contributed by atoms with E-state index < -0.39 is 0 Å². The molecule has 0 saturated carbocycles. The summed E-state index contributed by atoms with van der Waals surface area (Å²) in [4.78, 5) is 11.9. The van der Waals surface area contributed by atoms with Crippen LogP contribution in [0.5, 0.6) is 0 Å². The molecule has 24 heavy (non-hydrogen) atoms. The third-order valence-electron chi connectivity index (χ3n) is 4.71. The van der Waals surface area contributed by atoms with E-state index in [1.807, 2.05) is 12.1 Å². The molecule has 0 spiro atoms. The van der Waals surface area contributed by atoms with Gasteiger partial charge in [-0.2, -0.15) is 5.10 Å². The van der Waals surface area contributed by atoms with Gasteiger partial charge >= 0.3 is 0 Å². The van der Waals surface area contributed by atoms with Crippen LogP contribution in [0.3, 0.4) is 0 Å². The molecule has 1 aromatic carbocycles. The smallest absolute Gasteiger partial charge is 0.240 e. The SMILES string of the molecule is CC1NNC(C)C1CCC(=O)N/N=C\c1ccc(C(C)(C)C)cc1. The number of hydrogen-bond donors (Lipinski definition) is 3. The predicted octanol–water partition coefficient (Wildman–Crippen LogP) is 2.72. The fraction of sp³-hybridized carbons (Fsp3) is 0.579. The van der Waals surface area contributed by atoms with Gasteiger partial charge in [0.05, 0.1) is 6.21 Å². The van der Waals surface area contributed by atoms with Crippen molar-refractivity contribution in [3.05, 3.63) is 35.4 Å². The van der Waals surface area contributed by atoms with Gasteiger partial charge in [0.1, 0.15) is 0 Å². The number of hydrazine groups is 1.